The van der Waals surface area contributed by atoms with Gasteiger partial charge in [-0.3, -0.25) is 9.89 Å². The van der Waals surface area contributed by atoms with Crippen molar-refractivity contribution in [2.24, 2.45) is 0 Å². The highest BCUT2D eigenvalue weighted by molar-refractivity contribution is 9.10. The quantitative estimate of drug-likeness (QED) is 0.896. The number of amides is 1. The van der Waals surface area contributed by atoms with Crippen LogP contribution in [0, 0.1) is 0 Å². The number of halogens is 1. The number of anilines is 1. The second-order valence-corrected chi connectivity index (χ2v) is 6.12. The maximum Gasteiger partial charge on any atom is 0.276 e. The first-order chi connectivity index (χ1) is 9.02. The lowest BCUT2D eigenvalue weighted by atomic mass is 10.2. The third-order valence-corrected chi connectivity index (χ3v) is 4.48. The molecule has 0 saturated carbocycles. The van der Waals surface area contributed by atoms with Crippen LogP contribution in [0.2, 0.25) is 0 Å². The van der Waals surface area contributed by atoms with E-state index in [2.05, 4.69) is 26.1 Å². The number of aryl methyl sites for hydroxylation is 1. The fraction of sp³-hybridized carbons (Fsp3) is 0.333. The van der Waals surface area contributed by atoms with Crippen LogP contribution in [0.3, 0.4) is 0 Å². The molecule has 0 saturated heterocycles. The van der Waals surface area contributed by atoms with Gasteiger partial charge in [-0.15, -0.1) is 11.3 Å². The molecule has 1 amide bonds. The average Bonchev–Trinajstić information content (AvgIpc) is 2.94. The smallest absolute Gasteiger partial charge is 0.276 e. The van der Waals surface area contributed by atoms with Crippen molar-refractivity contribution in [3.63, 3.8) is 0 Å². The number of nitrogens with one attached hydrogen (secondary N) is 1. The minimum absolute atomic E-state index is 0.169. The van der Waals surface area contributed by atoms with Gasteiger partial charge < -0.3 is 10.6 Å². The molecule has 0 spiro atoms. The normalized spacial score (nSPS) is 10.7. The van der Waals surface area contributed by atoms with Gasteiger partial charge in [0.1, 0.15) is 0 Å². The third-order valence-electron chi connectivity index (χ3n) is 2.80. The summed E-state index contributed by atoms with van der Waals surface area (Å²) in [5.74, 6) is -0.169. The van der Waals surface area contributed by atoms with Crippen molar-refractivity contribution in [3.05, 3.63) is 32.2 Å². The molecule has 0 aromatic carbocycles. The summed E-state index contributed by atoms with van der Waals surface area (Å²) < 4.78 is 1.03. The number of aromatic amines is 1. The van der Waals surface area contributed by atoms with Crippen molar-refractivity contribution in [2.75, 3.05) is 12.8 Å². The second kappa shape index (κ2) is 5.75. The van der Waals surface area contributed by atoms with Crippen molar-refractivity contribution in [1.29, 1.82) is 0 Å². The fourth-order valence-corrected chi connectivity index (χ4v) is 3.25. The summed E-state index contributed by atoms with van der Waals surface area (Å²) in [6, 6.07) is 2.00. The highest BCUT2D eigenvalue weighted by atomic mass is 79.9. The van der Waals surface area contributed by atoms with E-state index in [9.17, 15) is 4.79 Å². The van der Waals surface area contributed by atoms with Gasteiger partial charge in [0.25, 0.3) is 5.91 Å². The molecule has 2 rings (SSSR count). The number of rotatable bonds is 4. The molecule has 0 atom stereocenters. The lowest BCUT2D eigenvalue weighted by molar-refractivity contribution is 0.0781. The first-order valence-electron chi connectivity index (χ1n) is 5.84. The summed E-state index contributed by atoms with van der Waals surface area (Å²) in [7, 11) is 1.75. The topological polar surface area (TPSA) is 75.0 Å². The number of carbonyl (C=O) groups excluding carboxylic acids is 1. The summed E-state index contributed by atoms with van der Waals surface area (Å²) in [6.07, 6.45) is 0.730. The molecule has 0 fully saturated rings. The van der Waals surface area contributed by atoms with Gasteiger partial charge in [0.2, 0.25) is 0 Å². The van der Waals surface area contributed by atoms with Gasteiger partial charge in [-0.1, -0.05) is 6.92 Å². The number of thiophene rings is 1. The zero-order chi connectivity index (χ0) is 14.0. The van der Waals surface area contributed by atoms with E-state index in [1.807, 2.05) is 18.4 Å². The number of H-pyrrole nitrogens is 1. The van der Waals surface area contributed by atoms with Crippen LogP contribution in [0.15, 0.2) is 15.9 Å². The zero-order valence-corrected chi connectivity index (χ0v) is 13.1. The summed E-state index contributed by atoms with van der Waals surface area (Å²) in [5, 5.41) is 8.80. The Hall–Kier alpha value is -1.34. The van der Waals surface area contributed by atoms with E-state index in [0.717, 1.165) is 21.5 Å². The first-order valence-corrected chi connectivity index (χ1v) is 7.51. The van der Waals surface area contributed by atoms with Crippen LogP contribution in [0.5, 0.6) is 0 Å². The van der Waals surface area contributed by atoms with E-state index >= 15 is 0 Å². The molecule has 2 aromatic heterocycles. The molecule has 5 nitrogen and oxygen atoms in total. The molecular formula is C12H15BrN4OS. The van der Waals surface area contributed by atoms with Gasteiger partial charge in [-0.05, 0) is 28.4 Å². The number of hydrogen-bond acceptors (Lipinski definition) is 4. The van der Waals surface area contributed by atoms with E-state index in [1.54, 1.807) is 23.3 Å². The molecule has 0 aliphatic rings. The Morgan fingerprint density at radius 2 is 2.37 bits per heavy atom. The fourth-order valence-electron chi connectivity index (χ4n) is 1.74. The molecular weight excluding hydrogens is 328 g/mol. The molecule has 3 N–H and O–H groups in total. The summed E-state index contributed by atoms with van der Waals surface area (Å²) >= 11 is 5.00. The highest BCUT2D eigenvalue weighted by Crippen LogP contribution is 2.22. The highest BCUT2D eigenvalue weighted by Gasteiger charge is 2.20. The Kier molecular flexibility index (Phi) is 4.26. The minimum Gasteiger partial charge on any atom is -0.395 e. The Bertz CT molecular complexity index is 592. The van der Waals surface area contributed by atoms with E-state index in [1.165, 1.54) is 0 Å². The van der Waals surface area contributed by atoms with E-state index < -0.39 is 0 Å². The van der Waals surface area contributed by atoms with Crippen LogP contribution >= 0.6 is 27.3 Å². The van der Waals surface area contributed by atoms with Crippen molar-refractivity contribution in [3.8, 4) is 0 Å². The van der Waals surface area contributed by atoms with Crippen LogP contribution in [0.4, 0.5) is 5.69 Å². The van der Waals surface area contributed by atoms with E-state index in [0.29, 0.717) is 17.9 Å². The summed E-state index contributed by atoms with van der Waals surface area (Å²) in [5.41, 5.74) is 7.46. The second-order valence-electron chi connectivity index (χ2n) is 4.21. The maximum absolute atomic E-state index is 12.3. The lowest BCUT2D eigenvalue weighted by Gasteiger charge is -2.15. The SMILES string of the molecule is CCc1[nH]nc(C(=O)N(C)Cc2cc(Br)cs2)c1N. The van der Waals surface area contributed by atoms with Gasteiger partial charge in [-0.25, -0.2) is 0 Å². The van der Waals surface area contributed by atoms with Gasteiger partial charge in [0, 0.05) is 21.8 Å². The molecule has 19 heavy (non-hydrogen) atoms. The van der Waals surface area contributed by atoms with E-state index in [4.69, 9.17) is 5.73 Å². The zero-order valence-electron chi connectivity index (χ0n) is 10.7. The van der Waals surface area contributed by atoms with Crippen LogP contribution in [-0.4, -0.2) is 28.1 Å². The van der Waals surface area contributed by atoms with Crippen LogP contribution in [-0.2, 0) is 13.0 Å². The predicted octanol–water partition coefficient (Wildman–Crippen LogP) is 2.65. The standard InChI is InChI=1S/C12H15BrN4OS/c1-3-9-10(14)11(16-15-9)12(18)17(2)5-8-4-7(13)6-19-8/h4,6H,3,5,14H2,1-2H3,(H,15,16). The first kappa shape index (κ1) is 14.1. The average molecular weight is 343 g/mol. The molecule has 0 bridgehead atoms. The van der Waals surface area contributed by atoms with Crippen LogP contribution in [0.25, 0.3) is 0 Å². The number of nitrogen functional groups attached to an aromatic ring is 1. The Balaban J connectivity index is 2.12. The van der Waals surface area contributed by atoms with Gasteiger partial charge in [0.05, 0.1) is 17.9 Å². The number of nitrogens with zero attached hydrogens (tertiary/aromatic N) is 2. The number of hydrogen-bond donors (Lipinski definition) is 2. The van der Waals surface area contributed by atoms with Crippen molar-refractivity contribution >= 4 is 38.9 Å². The van der Waals surface area contributed by atoms with E-state index in [-0.39, 0.29) is 5.91 Å². The molecule has 2 aromatic rings. The molecule has 0 aliphatic heterocycles. The van der Waals surface area contributed by atoms with Crippen molar-refractivity contribution in [2.45, 2.75) is 19.9 Å². The van der Waals surface area contributed by atoms with Gasteiger partial charge >= 0.3 is 0 Å². The Morgan fingerprint density at radius 3 is 2.89 bits per heavy atom. The molecule has 0 unspecified atom stereocenters. The third kappa shape index (κ3) is 2.98. The van der Waals surface area contributed by atoms with Crippen LogP contribution < -0.4 is 5.73 Å². The van der Waals surface area contributed by atoms with Gasteiger partial charge in [0.15, 0.2) is 5.69 Å². The largest absolute Gasteiger partial charge is 0.395 e. The summed E-state index contributed by atoms with van der Waals surface area (Å²) in [4.78, 5) is 15.0. The molecule has 0 radical (unpaired) electrons. The molecule has 102 valence electrons. The predicted molar refractivity (Wildman–Crippen MR) is 80.2 cm³/mol. The molecule has 0 aliphatic carbocycles. The van der Waals surface area contributed by atoms with Crippen molar-refractivity contribution < 1.29 is 4.79 Å². The maximum atomic E-state index is 12.3. The van der Waals surface area contributed by atoms with Gasteiger partial charge in [-0.2, -0.15) is 5.10 Å². The monoisotopic (exact) mass is 342 g/mol. The Labute approximate surface area is 123 Å². The Morgan fingerprint density at radius 1 is 1.63 bits per heavy atom. The van der Waals surface area contributed by atoms with Crippen LogP contribution in [0.1, 0.15) is 28.0 Å². The molecule has 2 heterocycles. The van der Waals surface area contributed by atoms with Crippen molar-refractivity contribution in [1.82, 2.24) is 15.1 Å². The molecule has 7 heteroatoms. The lowest BCUT2D eigenvalue weighted by Crippen LogP contribution is -2.26. The summed E-state index contributed by atoms with van der Waals surface area (Å²) in [6.45, 7) is 2.51. The number of carbonyl (C=O) groups is 1. The number of aromatic nitrogens is 2. The number of nitrogens with two attached hydrogens (primary N) is 1. The minimum atomic E-state index is -0.169.